The Bertz CT molecular complexity index is 1160. The number of imide groups is 1. The molecule has 2 bridgehead atoms. The van der Waals surface area contributed by atoms with E-state index in [1.807, 2.05) is 13.8 Å². The molecule has 0 aromatic heterocycles. The first-order chi connectivity index (χ1) is 15.3. The molecule has 7 rings (SSSR count). The zero-order valence-electron chi connectivity index (χ0n) is 17.7. The monoisotopic (exact) mass is 447 g/mol. The third-order valence-electron chi connectivity index (χ3n) is 7.64. The fourth-order valence-corrected chi connectivity index (χ4v) is 6.20. The van der Waals surface area contributed by atoms with Gasteiger partial charge in [0.05, 0.1) is 23.1 Å². The number of nitrogens with zero attached hydrogens (tertiary/aromatic N) is 1. The second kappa shape index (κ2) is 6.79. The topological polar surface area (TPSA) is 63.7 Å². The second-order valence-electron chi connectivity index (χ2n) is 9.47. The molecule has 5 aliphatic rings. The van der Waals surface area contributed by atoms with Crippen LogP contribution in [0.3, 0.4) is 0 Å². The van der Waals surface area contributed by atoms with Crippen molar-refractivity contribution in [2.75, 3.05) is 4.90 Å². The smallest absolute Gasteiger partial charge is 0.343 e. The van der Waals surface area contributed by atoms with Crippen molar-refractivity contribution in [3.8, 4) is 5.75 Å². The zero-order chi connectivity index (χ0) is 22.3. The molecule has 4 aliphatic carbocycles. The van der Waals surface area contributed by atoms with Crippen molar-refractivity contribution in [2.45, 2.75) is 20.3 Å². The molecule has 0 N–H and O–H groups in total. The lowest BCUT2D eigenvalue weighted by Gasteiger charge is -2.37. The van der Waals surface area contributed by atoms with Gasteiger partial charge < -0.3 is 4.74 Å². The van der Waals surface area contributed by atoms with E-state index >= 15 is 0 Å². The SMILES string of the molecule is Cc1cc(OC(=O)c2ccc(N3C(=O)[C@@H]4[C@H]5C=C[C@@H]([C@@H]6C[C@@H]56)[C@@H]4C3=O)cc2)cc(C)c1Cl. The Morgan fingerprint density at radius 2 is 1.47 bits per heavy atom. The summed E-state index contributed by atoms with van der Waals surface area (Å²) in [7, 11) is 0. The first-order valence-corrected chi connectivity index (χ1v) is 11.4. The van der Waals surface area contributed by atoms with Crippen LogP contribution in [0.15, 0.2) is 48.6 Å². The van der Waals surface area contributed by atoms with Gasteiger partial charge in [0, 0.05) is 5.02 Å². The Morgan fingerprint density at radius 3 is 2.00 bits per heavy atom. The van der Waals surface area contributed by atoms with Crippen molar-refractivity contribution >= 4 is 35.1 Å². The first kappa shape index (κ1) is 19.7. The molecule has 0 unspecified atom stereocenters. The molecule has 2 aromatic rings. The van der Waals surface area contributed by atoms with Crippen molar-refractivity contribution in [3.05, 3.63) is 70.3 Å². The molecule has 0 spiro atoms. The Hall–Kier alpha value is -2.92. The highest BCUT2D eigenvalue weighted by Crippen LogP contribution is 2.65. The number of esters is 1. The Balaban J connectivity index is 1.22. The van der Waals surface area contributed by atoms with Gasteiger partial charge in [-0.2, -0.15) is 0 Å². The molecule has 32 heavy (non-hydrogen) atoms. The molecule has 3 fully saturated rings. The lowest BCUT2D eigenvalue weighted by atomic mass is 9.63. The van der Waals surface area contributed by atoms with Crippen LogP contribution in [0, 0.1) is 49.4 Å². The maximum Gasteiger partial charge on any atom is 0.343 e. The first-order valence-electron chi connectivity index (χ1n) is 11.0. The summed E-state index contributed by atoms with van der Waals surface area (Å²) in [6, 6.07) is 9.94. The number of hydrogen-bond donors (Lipinski definition) is 0. The van der Waals surface area contributed by atoms with E-state index in [1.165, 1.54) is 4.90 Å². The van der Waals surface area contributed by atoms with E-state index in [9.17, 15) is 14.4 Å². The number of allylic oxidation sites excluding steroid dienone is 2. The summed E-state index contributed by atoms with van der Waals surface area (Å²) in [5.41, 5.74) is 2.52. The number of halogens is 1. The van der Waals surface area contributed by atoms with Gasteiger partial charge in [-0.3, -0.25) is 14.5 Å². The standard InChI is InChI=1S/C26H22ClNO4/c1-12-9-16(10-13(2)23(12)27)32-26(31)14-3-5-15(6-4-14)28-24(29)21-17-7-8-18(20-11-19(17)20)22(21)25(28)30/h3-10,17-22H,11H2,1-2H3/t17-,18-,19-,20-,21-,22+/m0/s1. The van der Waals surface area contributed by atoms with Gasteiger partial charge in [-0.05, 0) is 91.5 Å². The quantitative estimate of drug-likeness (QED) is 0.295. The molecular weight excluding hydrogens is 426 g/mol. The van der Waals surface area contributed by atoms with Crippen LogP contribution in [0.5, 0.6) is 5.75 Å². The minimum absolute atomic E-state index is 0.104. The average Bonchev–Trinajstić information content (AvgIpc) is 3.55. The van der Waals surface area contributed by atoms with E-state index in [4.69, 9.17) is 16.3 Å². The van der Waals surface area contributed by atoms with Crippen LogP contribution in [0.1, 0.15) is 27.9 Å². The van der Waals surface area contributed by atoms with Gasteiger partial charge in [0.1, 0.15) is 5.75 Å². The van der Waals surface area contributed by atoms with Gasteiger partial charge in [0.2, 0.25) is 11.8 Å². The number of anilines is 1. The van der Waals surface area contributed by atoms with Crippen LogP contribution in [-0.2, 0) is 9.59 Å². The number of aryl methyl sites for hydroxylation is 2. The molecule has 1 saturated heterocycles. The number of rotatable bonds is 3. The van der Waals surface area contributed by atoms with Gasteiger partial charge in [-0.15, -0.1) is 0 Å². The molecule has 1 aliphatic heterocycles. The lowest BCUT2D eigenvalue weighted by Crippen LogP contribution is -2.40. The van der Waals surface area contributed by atoms with Gasteiger partial charge in [-0.1, -0.05) is 23.8 Å². The molecule has 5 nitrogen and oxygen atoms in total. The third kappa shape index (κ3) is 2.73. The molecule has 0 radical (unpaired) electrons. The Kier molecular flexibility index (Phi) is 4.19. The molecule has 2 saturated carbocycles. The summed E-state index contributed by atoms with van der Waals surface area (Å²) in [6.07, 6.45) is 5.46. The minimum Gasteiger partial charge on any atom is -0.423 e. The Labute approximate surface area is 191 Å². The zero-order valence-corrected chi connectivity index (χ0v) is 18.5. The van der Waals surface area contributed by atoms with Crippen molar-refractivity contribution in [1.29, 1.82) is 0 Å². The van der Waals surface area contributed by atoms with Gasteiger partial charge >= 0.3 is 5.97 Å². The van der Waals surface area contributed by atoms with Crippen molar-refractivity contribution in [2.24, 2.45) is 35.5 Å². The summed E-state index contributed by atoms with van der Waals surface area (Å²) < 4.78 is 5.50. The normalized spacial score (nSPS) is 31.5. The van der Waals surface area contributed by atoms with Crippen LogP contribution in [0.4, 0.5) is 5.69 Å². The minimum atomic E-state index is -0.507. The summed E-state index contributed by atoms with van der Waals surface area (Å²) in [5, 5.41) is 0.649. The van der Waals surface area contributed by atoms with Crippen LogP contribution in [-0.4, -0.2) is 17.8 Å². The fourth-order valence-electron chi connectivity index (χ4n) is 6.09. The van der Waals surface area contributed by atoms with Crippen LogP contribution in [0.2, 0.25) is 5.02 Å². The highest BCUT2D eigenvalue weighted by molar-refractivity contribution is 6.32. The molecular formula is C26H22ClNO4. The van der Waals surface area contributed by atoms with Crippen LogP contribution >= 0.6 is 11.6 Å². The predicted molar refractivity (Wildman–Crippen MR) is 120 cm³/mol. The Morgan fingerprint density at radius 1 is 0.938 bits per heavy atom. The molecule has 2 amide bonds. The summed E-state index contributed by atoms with van der Waals surface area (Å²) >= 11 is 6.18. The molecule has 162 valence electrons. The fraction of sp³-hybridized carbons (Fsp3) is 0.346. The van der Waals surface area contributed by atoms with Crippen LogP contribution < -0.4 is 9.64 Å². The van der Waals surface area contributed by atoms with Crippen molar-refractivity contribution in [1.82, 2.24) is 0 Å². The van der Waals surface area contributed by atoms with E-state index in [-0.39, 0.29) is 35.5 Å². The van der Waals surface area contributed by atoms with E-state index in [2.05, 4.69) is 12.2 Å². The lowest BCUT2D eigenvalue weighted by molar-refractivity contribution is -0.124. The van der Waals surface area contributed by atoms with Crippen LogP contribution in [0.25, 0.3) is 0 Å². The highest BCUT2D eigenvalue weighted by Gasteiger charge is 2.67. The summed E-state index contributed by atoms with van der Waals surface area (Å²) in [5.74, 6) is 0.764. The number of hydrogen-bond acceptors (Lipinski definition) is 4. The number of carbonyl (C=O) groups excluding carboxylic acids is 3. The van der Waals surface area contributed by atoms with E-state index in [1.54, 1.807) is 36.4 Å². The largest absolute Gasteiger partial charge is 0.423 e. The van der Waals surface area contributed by atoms with E-state index in [0.29, 0.717) is 33.9 Å². The maximum atomic E-state index is 13.2. The molecule has 6 heteroatoms. The van der Waals surface area contributed by atoms with E-state index in [0.717, 1.165) is 17.5 Å². The summed E-state index contributed by atoms with van der Waals surface area (Å²) in [4.78, 5) is 40.4. The van der Waals surface area contributed by atoms with Gasteiger partial charge in [0.15, 0.2) is 0 Å². The number of carbonyl (C=O) groups is 3. The van der Waals surface area contributed by atoms with Crippen molar-refractivity contribution < 1.29 is 19.1 Å². The second-order valence-corrected chi connectivity index (χ2v) is 9.85. The molecule has 6 atom stereocenters. The van der Waals surface area contributed by atoms with E-state index < -0.39 is 5.97 Å². The molecule has 1 heterocycles. The third-order valence-corrected chi connectivity index (χ3v) is 8.24. The summed E-state index contributed by atoms with van der Waals surface area (Å²) in [6.45, 7) is 3.71. The molecule has 2 aromatic carbocycles. The number of amides is 2. The maximum absolute atomic E-state index is 13.2. The van der Waals surface area contributed by atoms with Gasteiger partial charge in [-0.25, -0.2) is 4.79 Å². The predicted octanol–water partition coefficient (Wildman–Crippen LogP) is 4.73. The number of ether oxygens (including phenoxy) is 1. The average molecular weight is 448 g/mol. The highest BCUT2D eigenvalue weighted by atomic mass is 35.5. The van der Waals surface area contributed by atoms with Crippen molar-refractivity contribution in [3.63, 3.8) is 0 Å². The number of benzene rings is 2. The van der Waals surface area contributed by atoms with Gasteiger partial charge in [0.25, 0.3) is 0 Å².